The van der Waals surface area contributed by atoms with Crippen LogP contribution in [0.25, 0.3) is 16.3 Å². The quantitative estimate of drug-likeness (QED) is 0.675. The van der Waals surface area contributed by atoms with Gasteiger partial charge in [0.15, 0.2) is 0 Å². The van der Waals surface area contributed by atoms with Gasteiger partial charge in [-0.25, -0.2) is 9.97 Å². The lowest BCUT2D eigenvalue weighted by atomic mass is 10.3. The van der Waals surface area contributed by atoms with Gasteiger partial charge in [0.2, 0.25) is 5.82 Å². The molecule has 0 saturated carbocycles. The molecular weight excluding hydrogens is 253 g/mol. The van der Waals surface area contributed by atoms with E-state index in [4.69, 9.17) is 0 Å². The fourth-order valence-corrected chi connectivity index (χ4v) is 2.45. The van der Waals surface area contributed by atoms with Crippen molar-refractivity contribution in [2.24, 2.45) is 0 Å². The Morgan fingerprint density at radius 2 is 2.17 bits per heavy atom. The monoisotopic (exact) mass is 261 g/mol. The normalized spacial score (nSPS) is 11.0. The number of halogens is 1. The number of aryl methyl sites for hydroxylation is 1. The van der Waals surface area contributed by atoms with Crippen molar-refractivity contribution < 1.29 is 4.39 Å². The van der Waals surface area contributed by atoms with Crippen LogP contribution in [-0.4, -0.2) is 14.4 Å². The summed E-state index contributed by atoms with van der Waals surface area (Å²) in [6.45, 7) is 1.81. The van der Waals surface area contributed by atoms with E-state index in [1.807, 2.05) is 6.92 Å². The Bertz CT molecular complexity index is 793. The highest BCUT2D eigenvalue weighted by molar-refractivity contribution is 7.13. The number of hydrogen-bond acceptors (Lipinski definition) is 4. The average molecular weight is 261 g/mol. The van der Waals surface area contributed by atoms with Gasteiger partial charge in [-0.2, -0.15) is 4.39 Å². The lowest BCUT2D eigenvalue weighted by Gasteiger charge is -2.02. The molecule has 3 heterocycles. The van der Waals surface area contributed by atoms with Crippen molar-refractivity contribution in [2.45, 2.75) is 6.92 Å². The summed E-state index contributed by atoms with van der Waals surface area (Å²) in [5.74, 6) is -0.868. The topological polar surface area (TPSA) is 47.3 Å². The molecule has 0 fully saturated rings. The first kappa shape index (κ1) is 11.0. The predicted octanol–water partition coefficient (Wildman–Crippen LogP) is 2.27. The second-order valence-electron chi connectivity index (χ2n) is 3.80. The Morgan fingerprint density at radius 1 is 1.33 bits per heavy atom. The molecular formula is C12H8FN3OS. The van der Waals surface area contributed by atoms with E-state index in [0.717, 1.165) is 5.69 Å². The molecule has 0 atom stereocenters. The third-order valence-electron chi connectivity index (χ3n) is 2.50. The molecule has 0 aliphatic rings. The Hall–Kier alpha value is -2.08. The van der Waals surface area contributed by atoms with Gasteiger partial charge in [0.1, 0.15) is 16.3 Å². The lowest BCUT2D eigenvalue weighted by molar-refractivity contribution is 0.601. The maximum Gasteiger partial charge on any atom is 0.294 e. The highest BCUT2D eigenvalue weighted by atomic mass is 32.1. The standard InChI is InChI=1S/C12H8FN3OS/c1-7-6-18-11(14-7)10-9(13)12(17)16-5-3-2-4-8(16)15-10/h2-6H,1H3. The van der Waals surface area contributed by atoms with Gasteiger partial charge in [-0.15, -0.1) is 11.3 Å². The molecule has 0 N–H and O–H groups in total. The third kappa shape index (κ3) is 1.62. The summed E-state index contributed by atoms with van der Waals surface area (Å²) in [6, 6.07) is 5.06. The van der Waals surface area contributed by atoms with E-state index in [9.17, 15) is 9.18 Å². The summed E-state index contributed by atoms with van der Waals surface area (Å²) in [7, 11) is 0. The van der Waals surface area contributed by atoms with Crippen LogP contribution in [0.1, 0.15) is 5.69 Å². The first-order valence-corrected chi connectivity index (χ1v) is 6.14. The van der Waals surface area contributed by atoms with E-state index >= 15 is 0 Å². The van der Waals surface area contributed by atoms with Crippen LogP contribution in [0.3, 0.4) is 0 Å². The molecule has 6 heteroatoms. The number of nitrogens with zero attached hydrogens (tertiary/aromatic N) is 3. The lowest BCUT2D eigenvalue weighted by Crippen LogP contribution is -2.19. The van der Waals surface area contributed by atoms with Gasteiger partial charge in [-0.05, 0) is 19.1 Å². The zero-order chi connectivity index (χ0) is 12.7. The summed E-state index contributed by atoms with van der Waals surface area (Å²) < 4.78 is 15.2. The molecule has 0 amide bonds. The van der Waals surface area contributed by atoms with Gasteiger partial charge >= 0.3 is 0 Å². The van der Waals surface area contributed by atoms with Gasteiger partial charge in [0, 0.05) is 17.3 Å². The van der Waals surface area contributed by atoms with Crippen LogP contribution in [0.15, 0.2) is 34.6 Å². The highest BCUT2D eigenvalue weighted by Crippen LogP contribution is 2.23. The Labute approximate surface area is 105 Å². The second-order valence-corrected chi connectivity index (χ2v) is 4.66. The van der Waals surface area contributed by atoms with Crippen LogP contribution in [0, 0.1) is 12.7 Å². The maximum absolute atomic E-state index is 14.0. The third-order valence-corrected chi connectivity index (χ3v) is 3.47. The zero-order valence-electron chi connectivity index (χ0n) is 9.42. The van der Waals surface area contributed by atoms with E-state index in [1.54, 1.807) is 23.6 Å². The van der Waals surface area contributed by atoms with Crippen molar-refractivity contribution >= 4 is 17.0 Å². The molecule has 90 valence electrons. The molecule has 3 aromatic heterocycles. The van der Waals surface area contributed by atoms with Gasteiger partial charge in [0.05, 0.1) is 0 Å². The molecule has 0 aliphatic heterocycles. The van der Waals surface area contributed by atoms with Gasteiger partial charge in [-0.3, -0.25) is 9.20 Å². The summed E-state index contributed by atoms with van der Waals surface area (Å²) in [4.78, 5) is 20.2. The van der Waals surface area contributed by atoms with Crippen molar-refractivity contribution in [3.05, 3.63) is 51.6 Å². The number of rotatable bonds is 1. The fourth-order valence-electron chi connectivity index (χ4n) is 1.67. The predicted molar refractivity (Wildman–Crippen MR) is 67.3 cm³/mol. The highest BCUT2D eigenvalue weighted by Gasteiger charge is 2.16. The number of hydrogen-bond donors (Lipinski definition) is 0. The second kappa shape index (κ2) is 3.99. The van der Waals surface area contributed by atoms with Crippen LogP contribution >= 0.6 is 11.3 Å². The molecule has 0 saturated heterocycles. The van der Waals surface area contributed by atoms with E-state index in [-0.39, 0.29) is 5.69 Å². The van der Waals surface area contributed by atoms with Gasteiger partial charge in [0.25, 0.3) is 5.56 Å². The first-order chi connectivity index (χ1) is 8.66. The molecule has 0 spiro atoms. The first-order valence-electron chi connectivity index (χ1n) is 5.26. The van der Waals surface area contributed by atoms with E-state index in [0.29, 0.717) is 10.7 Å². The van der Waals surface area contributed by atoms with Crippen molar-refractivity contribution in [1.29, 1.82) is 0 Å². The largest absolute Gasteiger partial charge is 0.294 e. The molecule has 0 unspecified atom stereocenters. The fraction of sp³-hybridized carbons (Fsp3) is 0.0833. The number of pyridine rings is 1. The minimum absolute atomic E-state index is 0.0179. The number of aromatic nitrogens is 3. The van der Waals surface area contributed by atoms with Crippen molar-refractivity contribution in [2.75, 3.05) is 0 Å². The molecule has 3 rings (SSSR count). The van der Waals surface area contributed by atoms with E-state index in [1.165, 1.54) is 21.9 Å². The maximum atomic E-state index is 14.0. The Morgan fingerprint density at radius 3 is 2.89 bits per heavy atom. The average Bonchev–Trinajstić information content (AvgIpc) is 2.80. The van der Waals surface area contributed by atoms with Crippen molar-refractivity contribution in [1.82, 2.24) is 14.4 Å². The van der Waals surface area contributed by atoms with Gasteiger partial charge < -0.3 is 0 Å². The summed E-state index contributed by atoms with van der Waals surface area (Å²) >= 11 is 1.27. The molecule has 0 aliphatic carbocycles. The zero-order valence-corrected chi connectivity index (χ0v) is 10.2. The summed E-state index contributed by atoms with van der Waals surface area (Å²) in [5.41, 5.74) is 0.504. The number of thiazole rings is 1. The smallest absolute Gasteiger partial charge is 0.265 e. The molecule has 3 aromatic rings. The summed E-state index contributed by atoms with van der Waals surface area (Å²) in [6.07, 6.45) is 1.49. The number of fused-ring (bicyclic) bond motifs is 1. The minimum atomic E-state index is -0.868. The molecule has 18 heavy (non-hydrogen) atoms. The summed E-state index contributed by atoms with van der Waals surface area (Å²) in [5, 5.41) is 2.22. The molecule has 0 bridgehead atoms. The van der Waals surface area contributed by atoms with Crippen LogP contribution in [0.2, 0.25) is 0 Å². The van der Waals surface area contributed by atoms with Crippen LogP contribution in [0.4, 0.5) is 4.39 Å². The molecule has 4 nitrogen and oxygen atoms in total. The van der Waals surface area contributed by atoms with Crippen molar-refractivity contribution in [3.63, 3.8) is 0 Å². The minimum Gasteiger partial charge on any atom is -0.265 e. The SMILES string of the molecule is Cc1csc(-c2nc3ccccn3c(=O)c2F)n1. The van der Waals surface area contributed by atoms with Crippen molar-refractivity contribution in [3.8, 4) is 10.7 Å². The molecule has 0 radical (unpaired) electrons. The van der Waals surface area contributed by atoms with Crippen LogP contribution in [0.5, 0.6) is 0 Å². The Balaban J connectivity index is 2.37. The van der Waals surface area contributed by atoms with E-state index in [2.05, 4.69) is 9.97 Å². The van der Waals surface area contributed by atoms with Crippen LogP contribution in [-0.2, 0) is 0 Å². The van der Waals surface area contributed by atoms with Crippen LogP contribution < -0.4 is 5.56 Å². The molecule has 0 aromatic carbocycles. The van der Waals surface area contributed by atoms with E-state index < -0.39 is 11.4 Å². The Kier molecular flexibility index (Phi) is 2.45. The van der Waals surface area contributed by atoms with Gasteiger partial charge in [-0.1, -0.05) is 6.07 Å².